The lowest BCUT2D eigenvalue weighted by Gasteiger charge is -2.31. The summed E-state index contributed by atoms with van der Waals surface area (Å²) in [7, 11) is 0. The third-order valence-corrected chi connectivity index (χ3v) is 5.62. The van der Waals surface area contributed by atoms with Crippen molar-refractivity contribution < 1.29 is 0 Å². The molecule has 0 saturated heterocycles. The Kier molecular flexibility index (Phi) is 6.33. The van der Waals surface area contributed by atoms with Crippen LogP contribution in [-0.2, 0) is 0 Å². The molecule has 4 rings (SSSR count). The lowest BCUT2D eigenvalue weighted by molar-refractivity contribution is 1.20. The monoisotopic (exact) mass is 403 g/mol. The minimum absolute atomic E-state index is 0.933. The lowest BCUT2D eigenvalue weighted by Crippen LogP contribution is -2.17. The molecule has 0 N–H and O–H groups in total. The summed E-state index contributed by atoms with van der Waals surface area (Å²) in [6.07, 6.45) is 0.933. The van der Waals surface area contributed by atoms with Gasteiger partial charge in [-0.05, 0) is 61.2 Å². The summed E-state index contributed by atoms with van der Waals surface area (Å²) in [4.78, 5) is 2.40. The van der Waals surface area contributed by atoms with Gasteiger partial charge in [0, 0.05) is 11.4 Å². The van der Waals surface area contributed by atoms with Crippen molar-refractivity contribution in [2.75, 3.05) is 4.90 Å². The molecule has 0 atom stereocenters. The topological polar surface area (TPSA) is 3.24 Å². The molecular formula is C30H29N. The van der Waals surface area contributed by atoms with Crippen LogP contribution in [0, 0.1) is 13.8 Å². The summed E-state index contributed by atoms with van der Waals surface area (Å²) in [5.41, 5.74) is 9.87. The van der Waals surface area contributed by atoms with Crippen molar-refractivity contribution in [1.82, 2.24) is 0 Å². The van der Waals surface area contributed by atoms with Gasteiger partial charge in [0.1, 0.15) is 0 Å². The van der Waals surface area contributed by atoms with Crippen molar-refractivity contribution in [2.24, 2.45) is 0 Å². The van der Waals surface area contributed by atoms with E-state index in [2.05, 4.69) is 135 Å². The Hall–Kier alpha value is -3.58. The summed E-state index contributed by atoms with van der Waals surface area (Å²) < 4.78 is 0. The van der Waals surface area contributed by atoms with Crippen LogP contribution in [0.4, 0.5) is 11.4 Å². The van der Waals surface area contributed by atoms with Crippen molar-refractivity contribution >= 4 is 22.6 Å². The number of allylic oxidation sites excluding steroid dienone is 1. The molecule has 0 unspecified atom stereocenters. The SMILES string of the molecule is CC/C(=C(/c1ccccc1)N(c1ccc(C)cc1)c1ccc(C)cc1)c1ccccc1. The number of aryl methyl sites for hydroxylation is 2. The van der Waals surface area contributed by atoms with Gasteiger partial charge >= 0.3 is 0 Å². The number of benzene rings is 4. The van der Waals surface area contributed by atoms with Crippen LogP contribution >= 0.6 is 0 Å². The molecule has 0 heterocycles. The second-order valence-electron chi connectivity index (χ2n) is 7.92. The molecule has 4 aromatic rings. The van der Waals surface area contributed by atoms with E-state index in [1.807, 2.05) is 0 Å². The van der Waals surface area contributed by atoms with E-state index in [-0.39, 0.29) is 0 Å². The first-order chi connectivity index (χ1) is 15.2. The summed E-state index contributed by atoms with van der Waals surface area (Å²) >= 11 is 0. The van der Waals surface area contributed by atoms with Crippen LogP contribution in [0.2, 0.25) is 0 Å². The van der Waals surface area contributed by atoms with Crippen LogP contribution in [-0.4, -0.2) is 0 Å². The van der Waals surface area contributed by atoms with E-state index < -0.39 is 0 Å². The Balaban J connectivity index is 2.04. The second-order valence-corrected chi connectivity index (χ2v) is 7.92. The molecule has 0 spiro atoms. The van der Waals surface area contributed by atoms with Crippen LogP contribution < -0.4 is 4.90 Å². The minimum Gasteiger partial charge on any atom is -0.310 e. The normalized spacial score (nSPS) is 11.7. The summed E-state index contributed by atoms with van der Waals surface area (Å²) in [6, 6.07) is 39.1. The molecule has 4 aromatic carbocycles. The zero-order chi connectivity index (χ0) is 21.6. The van der Waals surface area contributed by atoms with E-state index in [1.54, 1.807) is 0 Å². The second kappa shape index (κ2) is 9.49. The Bertz CT molecular complexity index is 1090. The fourth-order valence-electron chi connectivity index (χ4n) is 3.98. The van der Waals surface area contributed by atoms with Gasteiger partial charge in [-0.3, -0.25) is 0 Å². The Morgan fingerprint density at radius 3 is 1.39 bits per heavy atom. The molecule has 0 aliphatic rings. The molecule has 0 aromatic heterocycles. The zero-order valence-electron chi connectivity index (χ0n) is 18.5. The quantitative estimate of drug-likeness (QED) is 0.292. The maximum atomic E-state index is 2.40. The molecule has 0 saturated carbocycles. The van der Waals surface area contributed by atoms with Gasteiger partial charge in [0.2, 0.25) is 0 Å². The summed E-state index contributed by atoms with van der Waals surface area (Å²) in [6.45, 7) is 6.51. The summed E-state index contributed by atoms with van der Waals surface area (Å²) in [5.74, 6) is 0. The van der Waals surface area contributed by atoms with Crippen molar-refractivity contribution in [3.05, 3.63) is 131 Å². The van der Waals surface area contributed by atoms with Crippen molar-refractivity contribution in [3.8, 4) is 0 Å². The van der Waals surface area contributed by atoms with Crippen LogP contribution in [0.15, 0.2) is 109 Å². The van der Waals surface area contributed by atoms with Gasteiger partial charge < -0.3 is 4.90 Å². The number of nitrogens with zero attached hydrogens (tertiary/aromatic N) is 1. The van der Waals surface area contributed by atoms with Crippen molar-refractivity contribution in [3.63, 3.8) is 0 Å². The molecule has 31 heavy (non-hydrogen) atoms. The average molecular weight is 404 g/mol. The molecule has 0 radical (unpaired) electrons. The van der Waals surface area contributed by atoms with E-state index in [4.69, 9.17) is 0 Å². The van der Waals surface area contributed by atoms with Gasteiger partial charge in [-0.15, -0.1) is 0 Å². The highest BCUT2D eigenvalue weighted by Crippen LogP contribution is 2.40. The molecule has 1 nitrogen and oxygen atoms in total. The van der Waals surface area contributed by atoms with Crippen LogP contribution in [0.5, 0.6) is 0 Å². The average Bonchev–Trinajstić information content (AvgIpc) is 2.82. The Morgan fingerprint density at radius 1 is 0.548 bits per heavy atom. The summed E-state index contributed by atoms with van der Waals surface area (Å²) in [5, 5.41) is 0. The predicted octanol–water partition coefficient (Wildman–Crippen LogP) is 8.42. The van der Waals surface area contributed by atoms with Gasteiger partial charge in [0.05, 0.1) is 5.70 Å². The van der Waals surface area contributed by atoms with Crippen molar-refractivity contribution in [1.29, 1.82) is 0 Å². The molecule has 0 bridgehead atoms. The molecule has 154 valence electrons. The maximum Gasteiger partial charge on any atom is 0.0571 e. The number of hydrogen-bond acceptors (Lipinski definition) is 1. The van der Waals surface area contributed by atoms with Gasteiger partial charge in [0.15, 0.2) is 0 Å². The van der Waals surface area contributed by atoms with Crippen LogP contribution in [0.1, 0.15) is 35.6 Å². The zero-order valence-corrected chi connectivity index (χ0v) is 18.5. The highest BCUT2D eigenvalue weighted by atomic mass is 15.2. The number of anilines is 2. The van der Waals surface area contributed by atoms with Crippen molar-refractivity contribution in [2.45, 2.75) is 27.2 Å². The Labute approximate surface area is 186 Å². The molecule has 0 amide bonds. The fourth-order valence-corrected chi connectivity index (χ4v) is 3.98. The molecule has 1 heteroatoms. The standard InChI is InChI=1S/C30H29N/c1-4-29(25-11-7-5-8-12-25)30(26-13-9-6-10-14-26)31(27-19-15-23(2)16-20-27)28-21-17-24(3)18-22-28/h5-22H,4H2,1-3H3/b30-29+. The van der Waals surface area contributed by atoms with E-state index in [1.165, 1.54) is 33.5 Å². The minimum atomic E-state index is 0.933. The first kappa shape index (κ1) is 20.7. The van der Waals surface area contributed by atoms with E-state index in [0.29, 0.717) is 0 Å². The first-order valence-electron chi connectivity index (χ1n) is 10.9. The highest BCUT2D eigenvalue weighted by Gasteiger charge is 2.21. The molecule has 0 aliphatic heterocycles. The van der Waals surface area contributed by atoms with Crippen LogP contribution in [0.3, 0.4) is 0 Å². The molecule has 0 aliphatic carbocycles. The number of rotatable bonds is 6. The number of hydrogen-bond donors (Lipinski definition) is 0. The molecular weight excluding hydrogens is 374 g/mol. The van der Waals surface area contributed by atoms with Crippen LogP contribution in [0.25, 0.3) is 11.3 Å². The van der Waals surface area contributed by atoms with Gasteiger partial charge in [-0.1, -0.05) is 103 Å². The maximum absolute atomic E-state index is 2.40. The van der Waals surface area contributed by atoms with Gasteiger partial charge in [-0.2, -0.15) is 0 Å². The van der Waals surface area contributed by atoms with E-state index in [0.717, 1.165) is 17.8 Å². The Morgan fingerprint density at radius 2 is 0.968 bits per heavy atom. The van der Waals surface area contributed by atoms with Gasteiger partial charge in [-0.25, -0.2) is 0 Å². The predicted molar refractivity (Wildman–Crippen MR) is 134 cm³/mol. The third kappa shape index (κ3) is 4.62. The van der Waals surface area contributed by atoms with E-state index >= 15 is 0 Å². The highest BCUT2D eigenvalue weighted by molar-refractivity contribution is 6.01. The van der Waals surface area contributed by atoms with E-state index in [9.17, 15) is 0 Å². The molecule has 0 fully saturated rings. The largest absolute Gasteiger partial charge is 0.310 e. The van der Waals surface area contributed by atoms with Gasteiger partial charge in [0.25, 0.3) is 0 Å². The fraction of sp³-hybridized carbons (Fsp3) is 0.133. The lowest BCUT2D eigenvalue weighted by atomic mass is 9.95. The third-order valence-electron chi connectivity index (χ3n) is 5.62. The first-order valence-corrected chi connectivity index (χ1v) is 10.9. The smallest absolute Gasteiger partial charge is 0.0571 e.